The number of nitrogens with zero attached hydrogens (tertiary/aromatic N) is 2. The van der Waals surface area contributed by atoms with Gasteiger partial charge in [0.2, 0.25) is 0 Å². The monoisotopic (exact) mass is 331 g/mol. The number of hydrogen-bond acceptors (Lipinski definition) is 3. The normalized spacial score (nSPS) is 25.4. The van der Waals surface area contributed by atoms with E-state index in [1.807, 2.05) is 35.2 Å². The number of para-hydroxylation sites is 1. The number of hydrogen-bond donors (Lipinski definition) is 1. The molecule has 1 aromatic rings. The predicted octanol–water partition coefficient (Wildman–Crippen LogP) is 2.58. The third-order valence-electron chi connectivity index (χ3n) is 5.37. The summed E-state index contributed by atoms with van der Waals surface area (Å²) < 4.78 is 6.26. The van der Waals surface area contributed by atoms with Gasteiger partial charge in [0.05, 0.1) is 6.04 Å². The Bertz CT molecular complexity index is 541. The molecule has 2 amide bonds. The van der Waals surface area contributed by atoms with Crippen molar-refractivity contribution >= 4 is 6.03 Å². The van der Waals surface area contributed by atoms with E-state index in [9.17, 15) is 4.79 Å². The first-order chi connectivity index (χ1) is 11.6. The molecule has 0 unspecified atom stereocenters. The lowest BCUT2D eigenvalue weighted by Crippen LogP contribution is -2.68. The maximum Gasteiger partial charge on any atom is 0.317 e. The van der Waals surface area contributed by atoms with Gasteiger partial charge in [-0.05, 0) is 44.7 Å². The quantitative estimate of drug-likeness (QED) is 0.922. The predicted molar refractivity (Wildman–Crippen MR) is 95.2 cm³/mol. The van der Waals surface area contributed by atoms with Crippen LogP contribution in [0.5, 0.6) is 5.75 Å². The highest BCUT2D eigenvalue weighted by atomic mass is 16.5. The van der Waals surface area contributed by atoms with Gasteiger partial charge in [-0.15, -0.1) is 0 Å². The van der Waals surface area contributed by atoms with Crippen molar-refractivity contribution in [3.05, 3.63) is 30.3 Å². The Balaban J connectivity index is 1.63. The fraction of sp³-hybridized carbons (Fsp3) is 0.632. The molecular formula is C19H29N3O2. The number of urea groups is 1. The summed E-state index contributed by atoms with van der Waals surface area (Å²) in [7, 11) is 1.70. The molecule has 0 spiro atoms. The van der Waals surface area contributed by atoms with Crippen LogP contribution >= 0.6 is 0 Å². The average Bonchev–Trinajstić information content (AvgIpc) is 2.58. The summed E-state index contributed by atoms with van der Waals surface area (Å²) in [5.41, 5.74) is 0. The van der Waals surface area contributed by atoms with Crippen LogP contribution < -0.4 is 10.1 Å². The van der Waals surface area contributed by atoms with Crippen molar-refractivity contribution in [2.75, 3.05) is 26.7 Å². The smallest absolute Gasteiger partial charge is 0.317 e. The average molecular weight is 331 g/mol. The summed E-state index contributed by atoms with van der Waals surface area (Å²) in [5, 5.41) is 2.73. The van der Waals surface area contributed by atoms with Crippen LogP contribution in [0.15, 0.2) is 30.3 Å². The molecule has 24 heavy (non-hydrogen) atoms. The molecule has 0 radical (unpaired) electrons. The van der Waals surface area contributed by atoms with Gasteiger partial charge in [-0.2, -0.15) is 0 Å². The van der Waals surface area contributed by atoms with E-state index < -0.39 is 0 Å². The van der Waals surface area contributed by atoms with Gasteiger partial charge < -0.3 is 15.0 Å². The van der Waals surface area contributed by atoms with Gasteiger partial charge in [0.1, 0.15) is 11.9 Å². The Hall–Kier alpha value is -1.75. The summed E-state index contributed by atoms with van der Waals surface area (Å²) in [6.07, 6.45) is 2.36. The minimum absolute atomic E-state index is 0.0415. The Morgan fingerprint density at radius 2 is 1.88 bits per heavy atom. The van der Waals surface area contributed by atoms with E-state index in [1.165, 1.54) is 0 Å². The first-order valence-electron chi connectivity index (χ1n) is 9.04. The summed E-state index contributed by atoms with van der Waals surface area (Å²) in [4.78, 5) is 16.3. The van der Waals surface area contributed by atoms with Gasteiger partial charge in [-0.25, -0.2) is 4.79 Å². The van der Waals surface area contributed by atoms with Crippen LogP contribution in [0.2, 0.25) is 0 Å². The number of nitrogens with one attached hydrogen (secondary N) is 1. The van der Waals surface area contributed by atoms with Crippen molar-refractivity contribution in [1.82, 2.24) is 15.1 Å². The van der Waals surface area contributed by atoms with E-state index in [2.05, 4.69) is 24.1 Å². The molecular weight excluding hydrogens is 302 g/mol. The zero-order chi connectivity index (χ0) is 17.1. The molecule has 2 atom stereocenters. The summed E-state index contributed by atoms with van der Waals surface area (Å²) in [5.74, 6) is 1.55. The third kappa shape index (κ3) is 3.51. The lowest BCUT2D eigenvalue weighted by atomic mass is 9.79. The van der Waals surface area contributed by atoms with Crippen LogP contribution in [0.25, 0.3) is 0 Å². The van der Waals surface area contributed by atoms with Crippen LogP contribution in [0, 0.1) is 5.92 Å². The number of ether oxygens (including phenoxy) is 1. The summed E-state index contributed by atoms with van der Waals surface area (Å²) in [6, 6.07) is 11.1. The van der Waals surface area contributed by atoms with Gasteiger partial charge >= 0.3 is 6.03 Å². The number of benzene rings is 1. The molecule has 0 aromatic heterocycles. The molecule has 1 N–H and O–H groups in total. The zero-order valence-corrected chi connectivity index (χ0v) is 14.9. The second kappa shape index (κ2) is 7.43. The van der Waals surface area contributed by atoms with Crippen molar-refractivity contribution in [3.8, 4) is 5.75 Å². The van der Waals surface area contributed by atoms with Crippen molar-refractivity contribution in [2.45, 2.75) is 44.9 Å². The van der Waals surface area contributed by atoms with Crippen molar-refractivity contribution in [3.63, 3.8) is 0 Å². The topological polar surface area (TPSA) is 44.8 Å². The molecule has 2 saturated heterocycles. The highest BCUT2D eigenvalue weighted by Gasteiger charge is 2.47. The fourth-order valence-corrected chi connectivity index (χ4v) is 4.03. The number of carbonyl (C=O) groups excluding carboxylic acids is 1. The number of amides is 2. The van der Waals surface area contributed by atoms with E-state index >= 15 is 0 Å². The minimum Gasteiger partial charge on any atom is -0.487 e. The first-order valence-corrected chi connectivity index (χ1v) is 9.04. The van der Waals surface area contributed by atoms with Gasteiger partial charge in [-0.3, -0.25) is 4.90 Å². The molecule has 3 rings (SSSR count). The third-order valence-corrected chi connectivity index (χ3v) is 5.37. The molecule has 0 aliphatic carbocycles. The van der Waals surface area contributed by atoms with Gasteiger partial charge in [0, 0.05) is 32.7 Å². The van der Waals surface area contributed by atoms with Crippen LogP contribution in [-0.2, 0) is 0 Å². The van der Waals surface area contributed by atoms with Gasteiger partial charge in [0.25, 0.3) is 0 Å². The molecule has 0 saturated carbocycles. The largest absolute Gasteiger partial charge is 0.487 e. The van der Waals surface area contributed by atoms with E-state index in [-0.39, 0.29) is 12.1 Å². The van der Waals surface area contributed by atoms with Crippen LogP contribution in [0.1, 0.15) is 26.7 Å². The lowest BCUT2D eigenvalue weighted by molar-refractivity contribution is -0.0981. The SMILES string of the molecule is CNC(=O)N1CCC([C@H]2[C@@H](Oc3ccccc3)CN2C(C)C)CC1. The molecule has 1 aromatic carbocycles. The summed E-state index contributed by atoms with van der Waals surface area (Å²) in [6.45, 7) is 7.18. The zero-order valence-electron chi connectivity index (χ0n) is 14.9. The van der Waals surface area contributed by atoms with Crippen LogP contribution in [0.3, 0.4) is 0 Å². The second-order valence-electron chi connectivity index (χ2n) is 7.13. The molecule has 5 heteroatoms. The molecule has 2 aliphatic heterocycles. The highest BCUT2D eigenvalue weighted by molar-refractivity contribution is 5.73. The number of carbonyl (C=O) groups is 1. The van der Waals surface area contributed by atoms with E-state index in [0.717, 1.165) is 38.2 Å². The maximum absolute atomic E-state index is 11.8. The maximum atomic E-state index is 11.8. The molecule has 0 bridgehead atoms. The highest BCUT2D eigenvalue weighted by Crippen LogP contribution is 2.35. The Labute approximate surface area is 145 Å². The first kappa shape index (κ1) is 17.1. The standard InChI is InChI=1S/C19H29N3O2/c1-14(2)22-13-17(24-16-7-5-4-6-8-16)18(22)15-9-11-21(12-10-15)19(23)20-3/h4-8,14-15,17-18H,9-13H2,1-3H3,(H,20,23)/t17-,18-/m0/s1. The molecule has 132 valence electrons. The van der Waals surface area contributed by atoms with Crippen LogP contribution in [-0.4, -0.2) is 60.7 Å². The Morgan fingerprint density at radius 1 is 1.21 bits per heavy atom. The lowest BCUT2D eigenvalue weighted by Gasteiger charge is -2.54. The minimum atomic E-state index is 0.0415. The number of likely N-dealkylation sites (tertiary alicyclic amines) is 2. The summed E-state index contributed by atoms with van der Waals surface area (Å²) >= 11 is 0. The molecule has 2 fully saturated rings. The molecule has 2 aliphatic rings. The Kier molecular flexibility index (Phi) is 5.29. The number of piperidine rings is 1. The number of rotatable bonds is 4. The van der Waals surface area contributed by atoms with Crippen molar-refractivity contribution < 1.29 is 9.53 Å². The van der Waals surface area contributed by atoms with E-state index in [0.29, 0.717) is 18.0 Å². The molecule has 2 heterocycles. The molecule has 5 nitrogen and oxygen atoms in total. The van der Waals surface area contributed by atoms with Crippen molar-refractivity contribution in [1.29, 1.82) is 0 Å². The van der Waals surface area contributed by atoms with E-state index in [4.69, 9.17) is 4.74 Å². The van der Waals surface area contributed by atoms with Crippen LogP contribution in [0.4, 0.5) is 4.79 Å². The second-order valence-corrected chi connectivity index (χ2v) is 7.13. The van der Waals surface area contributed by atoms with Gasteiger partial charge in [0.15, 0.2) is 0 Å². The van der Waals surface area contributed by atoms with E-state index in [1.54, 1.807) is 7.05 Å². The van der Waals surface area contributed by atoms with Gasteiger partial charge in [-0.1, -0.05) is 18.2 Å². The van der Waals surface area contributed by atoms with Crippen molar-refractivity contribution in [2.24, 2.45) is 5.92 Å². The fourth-order valence-electron chi connectivity index (χ4n) is 4.03. The Morgan fingerprint density at radius 3 is 2.46 bits per heavy atom.